The summed E-state index contributed by atoms with van der Waals surface area (Å²) in [6, 6.07) is 6.17. The van der Waals surface area contributed by atoms with Crippen LogP contribution in [-0.4, -0.2) is 11.8 Å². The molecule has 0 saturated carbocycles. The van der Waals surface area contributed by atoms with E-state index in [4.69, 9.17) is 11.6 Å². The highest BCUT2D eigenvalue weighted by Gasteiger charge is 2.05. The summed E-state index contributed by atoms with van der Waals surface area (Å²) in [5.41, 5.74) is 3.25. The summed E-state index contributed by atoms with van der Waals surface area (Å²) >= 11 is 5.46. The molecule has 0 unspecified atom stereocenters. The standard InChI is InChI=1S/C12H16ClNO/c1-3-9-5-6-10(4-2)11(7-9)14-12(15)8-13/h5-7H,3-4,8H2,1-2H3,(H,14,15). The first-order valence-electron chi connectivity index (χ1n) is 5.18. The number of carbonyl (C=O) groups is 1. The van der Waals surface area contributed by atoms with Gasteiger partial charge in [-0.1, -0.05) is 26.0 Å². The summed E-state index contributed by atoms with van der Waals surface area (Å²) in [5.74, 6) is -0.154. The fourth-order valence-electron chi connectivity index (χ4n) is 1.45. The van der Waals surface area contributed by atoms with E-state index in [9.17, 15) is 4.79 Å². The molecule has 2 nitrogen and oxygen atoms in total. The molecule has 0 atom stereocenters. The van der Waals surface area contributed by atoms with E-state index in [-0.39, 0.29) is 11.8 Å². The van der Waals surface area contributed by atoms with E-state index in [2.05, 4.69) is 31.3 Å². The molecule has 0 radical (unpaired) electrons. The number of carbonyl (C=O) groups excluding carboxylic acids is 1. The van der Waals surface area contributed by atoms with Gasteiger partial charge >= 0.3 is 0 Å². The van der Waals surface area contributed by atoms with Crippen LogP contribution in [-0.2, 0) is 17.6 Å². The van der Waals surface area contributed by atoms with Gasteiger partial charge in [0.1, 0.15) is 5.88 Å². The number of hydrogen-bond acceptors (Lipinski definition) is 1. The quantitative estimate of drug-likeness (QED) is 0.785. The monoisotopic (exact) mass is 225 g/mol. The lowest BCUT2D eigenvalue weighted by molar-refractivity contribution is -0.113. The summed E-state index contributed by atoms with van der Waals surface area (Å²) in [4.78, 5) is 11.2. The number of rotatable bonds is 4. The van der Waals surface area contributed by atoms with Gasteiger partial charge in [0.05, 0.1) is 0 Å². The summed E-state index contributed by atoms with van der Waals surface area (Å²) in [5, 5.41) is 2.81. The molecular weight excluding hydrogens is 210 g/mol. The lowest BCUT2D eigenvalue weighted by Crippen LogP contribution is -2.14. The van der Waals surface area contributed by atoms with Gasteiger partial charge in [-0.25, -0.2) is 0 Å². The minimum absolute atomic E-state index is 0.000489. The fourth-order valence-corrected chi connectivity index (χ4v) is 1.52. The maximum Gasteiger partial charge on any atom is 0.239 e. The molecule has 1 amide bonds. The van der Waals surface area contributed by atoms with Crippen LogP contribution in [0.25, 0.3) is 0 Å². The zero-order valence-corrected chi connectivity index (χ0v) is 9.90. The van der Waals surface area contributed by atoms with Gasteiger partial charge in [0.15, 0.2) is 0 Å². The van der Waals surface area contributed by atoms with Crippen molar-refractivity contribution in [1.29, 1.82) is 0 Å². The van der Waals surface area contributed by atoms with Crippen LogP contribution >= 0.6 is 11.6 Å². The zero-order valence-electron chi connectivity index (χ0n) is 9.14. The Labute approximate surface area is 95.6 Å². The van der Waals surface area contributed by atoms with Crippen molar-refractivity contribution in [3.8, 4) is 0 Å². The molecule has 1 N–H and O–H groups in total. The second-order valence-electron chi connectivity index (χ2n) is 3.38. The van der Waals surface area contributed by atoms with Crippen LogP contribution in [0.3, 0.4) is 0 Å². The van der Waals surface area contributed by atoms with Gasteiger partial charge in [0.2, 0.25) is 5.91 Å². The Morgan fingerprint density at radius 3 is 2.60 bits per heavy atom. The Kier molecular flexibility index (Phi) is 4.63. The van der Waals surface area contributed by atoms with Gasteiger partial charge < -0.3 is 5.32 Å². The van der Waals surface area contributed by atoms with Crippen molar-refractivity contribution < 1.29 is 4.79 Å². The minimum atomic E-state index is -0.153. The van der Waals surface area contributed by atoms with Crippen LogP contribution < -0.4 is 5.32 Å². The van der Waals surface area contributed by atoms with Crippen molar-refractivity contribution in [3.63, 3.8) is 0 Å². The molecule has 3 heteroatoms. The smallest absolute Gasteiger partial charge is 0.239 e. The van der Waals surface area contributed by atoms with Gasteiger partial charge in [-0.05, 0) is 30.0 Å². The van der Waals surface area contributed by atoms with E-state index >= 15 is 0 Å². The molecule has 1 aromatic rings. The maximum atomic E-state index is 11.2. The van der Waals surface area contributed by atoms with Crippen LogP contribution in [0.5, 0.6) is 0 Å². The first-order valence-corrected chi connectivity index (χ1v) is 5.72. The van der Waals surface area contributed by atoms with Gasteiger partial charge in [-0.2, -0.15) is 0 Å². The van der Waals surface area contributed by atoms with Crippen LogP contribution in [0.2, 0.25) is 0 Å². The summed E-state index contributed by atoms with van der Waals surface area (Å²) in [6.07, 6.45) is 1.87. The zero-order chi connectivity index (χ0) is 11.3. The van der Waals surface area contributed by atoms with Gasteiger partial charge in [0, 0.05) is 5.69 Å². The normalized spacial score (nSPS) is 10.1. The number of aryl methyl sites for hydroxylation is 2. The third kappa shape index (κ3) is 3.24. The van der Waals surface area contributed by atoms with Gasteiger partial charge in [0.25, 0.3) is 0 Å². The predicted octanol–water partition coefficient (Wildman–Crippen LogP) is 2.99. The molecule has 1 aromatic carbocycles. The number of hydrogen-bond donors (Lipinski definition) is 1. The van der Waals surface area contributed by atoms with E-state index in [1.165, 1.54) is 5.56 Å². The maximum absolute atomic E-state index is 11.2. The Morgan fingerprint density at radius 2 is 2.07 bits per heavy atom. The number of anilines is 1. The van der Waals surface area contributed by atoms with Gasteiger partial charge in [-0.3, -0.25) is 4.79 Å². The highest BCUT2D eigenvalue weighted by Crippen LogP contribution is 2.19. The molecule has 0 saturated heterocycles. The van der Waals surface area contributed by atoms with Crippen LogP contribution in [0.1, 0.15) is 25.0 Å². The SMILES string of the molecule is CCc1ccc(CC)c(NC(=O)CCl)c1. The molecular formula is C12H16ClNO. The van der Waals surface area contributed by atoms with Crippen LogP contribution in [0.15, 0.2) is 18.2 Å². The van der Waals surface area contributed by atoms with Crippen LogP contribution in [0.4, 0.5) is 5.69 Å². The van der Waals surface area contributed by atoms with Crippen molar-refractivity contribution in [2.24, 2.45) is 0 Å². The molecule has 15 heavy (non-hydrogen) atoms. The van der Waals surface area contributed by atoms with E-state index in [1.807, 2.05) is 6.07 Å². The molecule has 0 aliphatic rings. The van der Waals surface area contributed by atoms with Crippen LogP contribution in [0, 0.1) is 0 Å². The third-order valence-corrected chi connectivity index (χ3v) is 2.60. The Bertz CT molecular complexity index is 349. The van der Waals surface area contributed by atoms with Crippen molar-refractivity contribution >= 4 is 23.2 Å². The second-order valence-corrected chi connectivity index (χ2v) is 3.65. The Balaban J connectivity index is 2.95. The molecule has 0 aliphatic heterocycles. The highest BCUT2D eigenvalue weighted by molar-refractivity contribution is 6.29. The van der Waals surface area contributed by atoms with E-state index < -0.39 is 0 Å². The first kappa shape index (κ1) is 12.1. The van der Waals surface area contributed by atoms with E-state index in [1.54, 1.807) is 0 Å². The van der Waals surface area contributed by atoms with Crippen molar-refractivity contribution in [2.45, 2.75) is 26.7 Å². The average Bonchev–Trinajstić information content (AvgIpc) is 2.28. The lowest BCUT2D eigenvalue weighted by atomic mass is 10.1. The van der Waals surface area contributed by atoms with Crippen molar-refractivity contribution in [1.82, 2.24) is 0 Å². The molecule has 0 fully saturated rings. The Hall–Kier alpha value is -1.02. The third-order valence-electron chi connectivity index (χ3n) is 2.36. The number of alkyl halides is 1. The van der Waals surface area contributed by atoms with Crippen molar-refractivity contribution in [2.75, 3.05) is 11.2 Å². The lowest BCUT2D eigenvalue weighted by Gasteiger charge is -2.10. The second kappa shape index (κ2) is 5.76. The minimum Gasteiger partial charge on any atom is -0.325 e. The van der Waals surface area contributed by atoms with Gasteiger partial charge in [-0.15, -0.1) is 11.6 Å². The highest BCUT2D eigenvalue weighted by atomic mass is 35.5. The molecule has 1 rings (SSSR count). The van der Waals surface area contributed by atoms with Crippen molar-refractivity contribution in [3.05, 3.63) is 29.3 Å². The molecule has 0 spiro atoms. The summed E-state index contributed by atoms with van der Waals surface area (Å²) < 4.78 is 0. The number of halogens is 1. The molecule has 0 heterocycles. The number of benzene rings is 1. The average molecular weight is 226 g/mol. The fraction of sp³-hybridized carbons (Fsp3) is 0.417. The molecule has 82 valence electrons. The van der Waals surface area contributed by atoms with E-state index in [0.29, 0.717) is 0 Å². The molecule has 0 aromatic heterocycles. The molecule has 0 aliphatic carbocycles. The largest absolute Gasteiger partial charge is 0.325 e. The number of nitrogens with one attached hydrogen (secondary N) is 1. The number of amides is 1. The summed E-state index contributed by atoms with van der Waals surface area (Å²) in [6.45, 7) is 4.16. The predicted molar refractivity (Wildman–Crippen MR) is 64.5 cm³/mol. The Morgan fingerprint density at radius 1 is 1.33 bits per heavy atom. The first-order chi connectivity index (χ1) is 7.21. The molecule has 0 bridgehead atoms. The van der Waals surface area contributed by atoms with E-state index in [0.717, 1.165) is 24.1 Å². The topological polar surface area (TPSA) is 29.1 Å². The summed E-state index contributed by atoms with van der Waals surface area (Å²) in [7, 11) is 0.